The Morgan fingerprint density at radius 1 is 0.845 bits per heavy atom. The summed E-state index contributed by atoms with van der Waals surface area (Å²) < 4.78 is 38.9. The number of aliphatic hydroxyl groups is 1. The Labute approximate surface area is 341 Å². The number of amides is 1. The summed E-state index contributed by atoms with van der Waals surface area (Å²) >= 11 is 0. The molecule has 10 nitrogen and oxygen atoms in total. The summed E-state index contributed by atoms with van der Waals surface area (Å²) in [5, 5.41) is 15.6. The van der Waals surface area contributed by atoms with Crippen LogP contribution in [-0.4, -0.2) is 67.4 Å². The Morgan fingerprint density at radius 2 is 1.53 bits per heavy atom. The number of rotatable bonds is 18. The Hall–Kier alpha value is -5.62. The fourth-order valence-electron chi connectivity index (χ4n) is 7.85. The molecular formula is C47H52N4O6S. The van der Waals surface area contributed by atoms with Crippen LogP contribution in [0.5, 0.6) is 11.5 Å². The summed E-state index contributed by atoms with van der Waals surface area (Å²) in [6.07, 6.45) is 7.05. The van der Waals surface area contributed by atoms with Crippen LogP contribution in [0.2, 0.25) is 0 Å². The van der Waals surface area contributed by atoms with Crippen LogP contribution >= 0.6 is 0 Å². The Balaban J connectivity index is 0.925. The molecule has 0 radical (unpaired) electrons. The number of hydrogen-bond acceptors (Lipinski definition) is 7. The number of aromatic amines is 1. The SMILES string of the molecule is CS(=O)(=O)Nc1cc(OC[C@@H](O)CN(Cc2ccccc2)[C@H]2CC[C@H](c3ccc(C(=O)NCCc4c[nH]c5ccccc45)cc3)CC2)ccc1OCc1ccccc1. The highest BCUT2D eigenvalue weighted by Crippen LogP contribution is 2.36. The zero-order valence-electron chi connectivity index (χ0n) is 32.8. The van der Waals surface area contributed by atoms with Gasteiger partial charge in [-0.15, -0.1) is 0 Å². The highest BCUT2D eigenvalue weighted by atomic mass is 32.2. The molecule has 7 rings (SSSR count). The van der Waals surface area contributed by atoms with Crippen LogP contribution in [0, 0.1) is 0 Å². The number of carbonyl (C=O) groups is 1. The normalized spacial score (nSPS) is 16.2. The van der Waals surface area contributed by atoms with Crippen molar-refractivity contribution in [1.82, 2.24) is 15.2 Å². The summed E-state index contributed by atoms with van der Waals surface area (Å²) in [7, 11) is -3.59. The van der Waals surface area contributed by atoms with Crippen molar-refractivity contribution >= 4 is 32.5 Å². The van der Waals surface area contributed by atoms with Gasteiger partial charge < -0.3 is 24.9 Å². The van der Waals surface area contributed by atoms with E-state index in [9.17, 15) is 18.3 Å². The van der Waals surface area contributed by atoms with Crippen molar-refractivity contribution < 1.29 is 27.8 Å². The zero-order valence-corrected chi connectivity index (χ0v) is 33.7. The van der Waals surface area contributed by atoms with E-state index in [1.165, 1.54) is 22.1 Å². The van der Waals surface area contributed by atoms with Gasteiger partial charge in [-0.25, -0.2) is 8.42 Å². The van der Waals surface area contributed by atoms with Crippen LogP contribution < -0.4 is 19.5 Å². The summed E-state index contributed by atoms with van der Waals surface area (Å²) in [4.78, 5) is 18.6. The highest BCUT2D eigenvalue weighted by molar-refractivity contribution is 7.92. The molecule has 0 unspecified atom stereocenters. The van der Waals surface area contributed by atoms with E-state index in [4.69, 9.17) is 9.47 Å². The molecule has 0 spiro atoms. The van der Waals surface area contributed by atoms with Gasteiger partial charge in [0.1, 0.15) is 30.8 Å². The summed E-state index contributed by atoms with van der Waals surface area (Å²) in [6.45, 7) is 1.99. The molecule has 5 aromatic carbocycles. The molecule has 302 valence electrons. The topological polar surface area (TPSA) is 133 Å². The molecule has 1 heterocycles. The first kappa shape index (κ1) is 40.6. The van der Waals surface area contributed by atoms with Crippen molar-refractivity contribution in [3.63, 3.8) is 0 Å². The van der Waals surface area contributed by atoms with Crippen LogP contribution in [0.3, 0.4) is 0 Å². The van der Waals surface area contributed by atoms with Gasteiger partial charge >= 0.3 is 0 Å². The molecule has 1 saturated carbocycles. The minimum absolute atomic E-state index is 0.0339. The predicted molar refractivity (Wildman–Crippen MR) is 230 cm³/mol. The fraction of sp³-hybridized carbons (Fsp3) is 0.298. The van der Waals surface area contributed by atoms with E-state index in [2.05, 4.69) is 56.3 Å². The second-order valence-electron chi connectivity index (χ2n) is 15.2. The average molecular weight is 801 g/mol. The van der Waals surface area contributed by atoms with Crippen LogP contribution in [0.25, 0.3) is 10.9 Å². The van der Waals surface area contributed by atoms with Gasteiger partial charge in [-0.3, -0.25) is 14.4 Å². The number of benzene rings is 5. The van der Waals surface area contributed by atoms with Crippen LogP contribution in [-0.2, 0) is 29.6 Å². The fourth-order valence-corrected chi connectivity index (χ4v) is 8.41. The number of anilines is 1. The number of fused-ring (bicyclic) bond motifs is 1. The van der Waals surface area contributed by atoms with E-state index in [1.54, 1.807) is 18.2 Å². The standard InChI is InChI=1S/C47H52N4O6S/c1-58(54,55)50-45-28-42(24-25-46(45)57-32-35-12-6-3-7-13-35)56-33-41(52)31-51(30-34-10-4-2-5-11-34)40-22-20-37(21-23-40)36-16-18-38(19-17-36)47(53)48-27-26-39-29-49-44-15-9-8-14-43(39)44/h2-19,24-25,28-29,37,40-41,49-50,52H,20-23,26-27,30-33H2,1H3,(H,48,53)/t37-,40-,41-/m0/s1. The van der Waals surface area contributed by atoms with Gasteiger partial charge in [0.15, 0.2) is 0 Å². The first-order valence-electron chi connectivity index (χ1n) is 20.0. The van der Waals surface area contributed by atoms with Crippen molar-refractivity contribution in [2.45, 2.75) is 63.3 Å². The molecule has 1 aliphatic rings. The minimum atomic E-state index is -3.59. The molecule has 6 aromatic rings. The van der Waals surface area contributed by atoms with Crippen LogP contribution in [0.1, 0.15) is 64.2 Å². The molecule has 11 heteroatoms. The number of sulfonamides is 1. The van der Waals surface area contributed by atoms with E-state index < -0.39 is 16.1 Å². The van der Waals surface area contributed by atoms with Crippen LogP contribution in [0.4, 0.5) is 5.69 Å². The minimum Gasteiger partial charge on any atom is -0.491 e. The van der Waals surface area contributed by atoms with E-state index in [0.717, 1.165) is 49.4 Å². The van der Waals surface area contributed by atoms with E-state index in [0.29, 0.717) is 42.6 Å². The number of hydrogen-bond donors (Lipinski definition) is 4. The summed E-state index contributed by atoms with van der Waals surface area (Å²) in [5.41, 5.74) is 6.60. The number of nitrogens with one attached hydrogen (secondary N) is 3. The summed E-state index contributed by atoms with van der Waals surface area (Å²) in [6, 6.07) is 41.5. The van der Waals surface area contributed by atoms with E-state index in [1.807, 2.05) is 79.0 Å². The number of aromatic nitrogens is 1. The van der Waals surface area contributed by atoms with Gasteiger partial charge in [-0.05, 0) is 90.6 Å². The van der Waals surface area contributed by atoms with E-state index >= 15 is 0 Å². The van der Waals surface area contributed by atoms with Crippen molar-refractivity contribution in [1.29, 1.82) is 0 Å². The second-order valence-corrected chi connectivity index (χ2v) is 16.9. The van der Waals surface area contributed by atoms with Gasteiger partial charge in [0, 0.05) is 54.4 Å². The summed E-state index contributed by atoms with van der Waals surface area (Å²) in [5.74, 6) is 1.13. The largest absolute Gasteiger partial charge is 0.491 e. The van der Waals surface area contributed by atoms with Gasteiger partial charge in [-0.2, -0.15) is 0 Å². The number of H-pyrrole nitrogens is 1. The van der Waals surface area contributed by atoms with Gasteiger partial charge in [0.2, 0.25) is 10.0 Å². The lowest BCUT2D eigenvalue weighted by Crippen LogP contribution is -2.43. The molecule has 1 aromatic heterocycles. The molecule has 1 aliphatic carbocycles. The molecule has 1 fully saturated rings. The van der Waals surface area contributed by atoms with Crippen LogP contribution in [0.15, 0.2) is 134 Å². The molecule has 0 aliphatic heterocycles. The van der Waals surface area contributed by atoms with Crippen molar-refractivity contribution in [2.24, 2.45) is 0 Å². The molecule has 1 amide bonds. The Kier molecular flexibility index (Phi) is 13.4. The maximum absolute atomic E-state index is 13.0. The van der Waals surface area contributed by atoms with Crippen molar-refractivity contribution in [3.8, 4) is 11.5 Å². The third-order valence-corrected chi connectivity index (χ3v) is 11.4. The Bertz CT molecular complexity index is 2340. The quantitative estimate of drug-likeness (QED) is 0.0692. The smallest absolute Gasteiger partial charge is 0.251 e. The maximum atomic E-state index is 13.0. The lowest BCUT2D eigenvalue weighted by molar-refractivity contribution is 0.0384. The number of para-hydroxylation sites is 1. The number of aliphatic hydroxyl groups excluding tert-OH is 1. The van der Waals surface area contributed by atoms with Gasteiger partial charge in [0.05, 0.1) is 11.9 Å². The number of ether oxygens (including phenoxy) is 2. The third kappa shape index (κ3) is 11.3. The Morgan fingerprint density at radius 3 is 2.26 bits per heavy atom. The molecule has 0 saturated heterocycles. The molecule has 58 heavy (non-hydrogen) atoms. The molecule has 0 bridgehead atoms. The molecule has 4 N–H and O–H groups in total. The molecular weight excluding hydrogens is 749 g/mol. The maximum Gasteiger partial charge on any atom is 0.251 e. The highest BCUT2D eigenvalue weighted by Gasteiger charge is 2.28. The number of nitrogens with zero attached hydrogens (tertiary/aromatic N) is 1. The predicted octanol–water partition coefficient (Wildman–Crippen LogP) is 8.06. The monoisotopic (exact) mass is 800 g/mol. The van der Waals surface area contributed by atoms with Crippen molar-refractivity contribution in [3.05, 3.63) is 161 Å². The third-order valence-electron chi connectivity index (χ3n) is 10.8. The first-order valence-corrected chi connectivity index (χ1v) is 21.9. The average Bonchev–Trinajstić information content (AvgIpc) is 3.65. The van der Waals surface area contributed by atoms with Gasteiger partial charge in [-0.1, -0.05) is 91.0 Å². The second kappa shape index (κ2) is 19.2. The lowest BCUT2D eigenvalue weighted by atomic mass is 9.81. The van der Waals surface area contributed by atoms with Gasteiger partial charge in [0.25, 0.3) is 5.91 Å². The van der Waals surface area contributed by atoms with Crippen molar-refractivity contribution in [2.75, 3.05) is 30.7 Å². The first-order chi connectivity index (χ1) is 28.2. The van der Waals surface area contributed by atoms with E-state index in [-0.39, 0.29) is 30.9 Å². The zero-order chi connectivity index (χ0) is 40.3. The molecule has 1 atom stereocenters. The lowest BCUT2D eigenvalue weighted by Gasteiger charge is -2.38. The number of carbonyl (C=O) groups excluding carboxylic acids is 1.